The number of aromatic nitrogens is 3. The van der Waals surface area contributed by atoms with Crippen molar-refractivity contribution >= 4 is 23.2 Å². The van der Waals surface area contributed by atoms with Crippen LogP contribution in [0.4, 0.5) is 5.69 Å². The van der Waals surface area contributed by atoms with E-state index in [-0.39, 0.29) is 12.3 Å². The Kier molecular flexibility index (Phi) is 5.03. The van der Waals surface area contributed by atoms with Gasteiger partial charge in [-0.2, -0.15) is 5.10 Å². The molecule has 29 heavy (non-hydrogen) atoms. The van der Waals surface area contributed by atoms with Crippen LogP contribution in [0.15, 0.2) is 73.2 Å². The maximum Gasteiger partial charge on any atom is 0.337 e. The monoisotopic (exact) mass is 386 g/mol. The first kappa shape index (κ1) is 18.4. The molecule has 7 heteroatoms. The highest BCUT2D eigenvalue weighted by atomic mass is 16.5. The van der Waals surface area contributed by atoms with Crippen LogP contribution >= 0.6 is 0 Å². The summed E-state index contributed by atoms with van der Waals surface area (Å²) in [6, 6.07) is 18.3. The Balaban J connectivity index is 1.40. The molecule has 1 amide bonds. The summed E-state index contributed by atoms with van der Waals surface area (Å²) in [7, 11) is 1.33. The highest BCUT2D eigenvalue weighted by Crippen LogP contribution is 2.21. The molecule has 4 rings (SSSR count). The SMILES string of the molecule is COC(=O)c1ccc(NC(=O)Cc2ccc(-c3ccn4ncnc4c3)cc2)cc1. The summed E-state index contributed by atoms with van der Waals surface area (Å²) < 4.78 is 6.37. The van der Waals surface area contributed by atoms with E-state index in [0.29, 0.717) is 11.3 Å². The number of methoxy groups -OCH3 is 1. The lowest BCUT2D eigenvalue weighted by Gasteiger charge is -2.07. The van der Waals surface area contributed by atoms with Crippen LogP contribution in [0.25, 0.3) is 16.8 Å². The third-order valence-electron chi connectivity index (χ3n) is 4.52. The molecule has 7 nitrogen and oxygen atoms in total. The number of carbonyl (C=O) groups is 2. The molecule has 2 aromatic heterocycles. The predicted molar refractivity (Wildman–Crippen MR) is 109 cm³/mol. The van der Waals surface area contributed by atoms with Gasteiger partial charge in [0.15, 0.2) is 5.65 Å². The van der Waals surface area contributed by atoms with Gasteiger partial charge in [-0.05, 0) is 53.1 Å². The summed E-state index contributed by atoms with van der Waals surface area (Å²) in [5.74, 6) is -0.542. The first-order valence-electron chi connectivity index (χ1n) is 8.99. The van der Waals surface area contributed by atoms with Crippen molar-refractivity contribution < 1.29 is 14.3 Å². The molecule has 0 unspecified atom stereocenters. The Labute approximate surface area is 167 Å². The molecule has 0 spiro atoms. The number of amides is 1. The largest absolute Gasteiger partial charge is 0.465 e. The number of benzene rings is 2. The van der Waals surface area contributed by atoms with E-state index in [9.17, 15) is 9.59 Å². The molecule has 0 saturated heterocycles. The van der Waals surface area contributed by atoms with Gasteiger partial charge < -0.3 is 10.1 Å². The van der Waals surface area contributed by atoms with Gasteiger partial charge in [-0.25, -0.2) is 14.3 Å². The summed E-state index contributed by atoms with van der Waals surface area (Å²) in [6.07, 6.45) is 3.64. The molecule has 4 aromatic rings. The van der Waals surface area contributed by atoms with Crippen LogP contribution < -0.4 is 5.32 Å². The van der Waals surface area contributed by atoms with E-state index in [1.807, 2.05) is 42.6 Å². The number of fused-ring (bicyclic) bond motifs is 1. The van der Waals surface area contributed by atoms with E-state index in [2.05, 4.69) is 20.1 Å². The lowest BCUT2D eigenvalue weighted by Crippen LogP contribution is -2.14. The molecule has 144 valence electrons. The van der Waals surface area contributed by atoms with Crippen molar-refractivity contribution in [3.8, 4) is 11.1 Å². The normalized spacial score (nSPS) is 10.7. The fourth-order valence-electron chi connectivity index (χ4n) is 3.01. The second-order valence-corrected chi connectivity index (χ2v) is 6.47. The van der Waals surface area contributed by atoms with Crippen molar-refractivity contribution in [3.05, 3.63) is 84.3 Å². The number of nitrogens with zero attached hydrogens (tertiary/aromatic N) is 3. The van der Waals surface area contributed by atoms with Gasteiger partial charge in [0.1, 0.15) is 6.33 Å². The van der Waals surface area contributed by atoms with Crippen LogP contribution in [0.3, 0.4) is 0 Å². The number of rotatable bonds is 5. The second kappa shape index (κ2) is 7.93. The summed E-state index contributed by atoms with van der Waals surface area (Å²) >= 11 is 0. The van der Waals surface area contributed by atoms with Crippen LogP contribution in [0.2, 0.25) is 0 Å². The Morgan fingerprint density at radius 1 is 1.00 bits per heavy atom. The van der Waals surface area contributed by atoms with Crippen molar-refractivity contribution in [1.82, 2.24) is 14.6 Å². The van der Waals surface area contributed by atoms with Gasteiger partial charge >= 0.3 is 5.97 Å². The number of nitrogens with one attached hydrogen (secondary N) is 1. The summed E-state index contributed by atoms with van der Waals surface area (Å²) in [5, 5.41) is 6.92. The minimum Gasteiger partial charge on any atom is -0.465 e. The van der Waals surface area contributed by atoms with Crippen molar-refractivity contribution in [2.75, 3.05) is 12.4 Å². The van der Waals surface area contributed by atoms with Crippen LogP contribution in [-0.4, -0.2) is 33.6 Å². The molecule has 0 saturated carbocycles. The molecule has 0 bridgehead atoms. The molecule has 2 aromatic carbocycles. The number of carbonyl (C=O) groups excluding carboxylic acids is 2. The smallest absolute Gasteiger partial charge is 0.337 e. The maximum atomic E-state index is 12.3. The fourth-order valence-corrected chi connectivity index (χ4v) is 3.01. The number of esters is 1. The van der Waals surface area contributed by atoms with Crippen molar-refractivity contribution in [1.29, 1.82) is 0 Å². The van der Waals surface area contributed by atoms with E-state index < -0.39 is 5.97 Å². The van der Waals surface area contributed by atoms with Crippen LogP contribution in [-0.2, 0) is 16.0 Å². The van der Waals surface area contributed by atoms with E-state index in [0.717, 1.165) is 22.3 Å². The molecule has 0 fully saturated rings. The Hall–Kier alpha value is -4.00. The zero-order valence-corrected chi connectivity index (χ0v) is 15.7. The third-order valence-corrected chi connectivity index (χ3v) is 4.52. The van der Waals surface area contributed by atoms with Crippen LogP contribution in [0, 0.1) is 0 Å². The Morgan fingerprint density at radius 3 is 2.48 bits per heavy atom. The third kappa shape index (κ3) is 4.14. The quantitative estimate of drug-likeness (QED) is 0.532. The Morgan fingerprint density at radius 2 is 1.76 bits per heavy atom. The van der Waals surface area contributed by atoms with Crippen molar-refractivity contribution in [2.45, 2.75) is 6.42 Å². The number of pyridine rings is 1. The molecule has 1 N–H and O–H groups in total. The zero-order valence-electron chi connectivity index (χ0n) is 15.7. The van der Waals surface area contributed by atoms with Crippen LogP contribution in [0.1, 0.15) is 15.9 Å². The van der Waals surface area contributed by atoms with Gasteiger partial charge in [-0.15, -0.1) is 0 Å². The van der Waals surface area contributed by atoms with Gasteiger partial charge in [-0.1, -0.05) is 24.3 Å². The highest BCUT2D eigenvalue weighted by molar-refractivity contribution is 5.94. The minimum absolute atomic E-state index is 0.131. The van der Waals surface area contributed by atoms with Gasteiger partial charge in [-0.3, -0.25) is 4.79 Å². The number of anilines is 1. The van der Waals surface area contributed by atoms with E-state index >= 15 is 0 Å². The molecule has 0 aliphatic rings. The Bertz CT molecular complexity index is 1160. The number of hydrogen-bond acceptors (Lipinski definition) is 5. The topological polar surface area (TPSA) is 85.6 Å². The minimum atomic E-state index is -0.411. The highest BCUT2D eigenvalue weighted by Gasteiger charge is 2.08. The summed E-state index contributed by atoms with van der Waals surface area (Å²) in [5.41, 5.74) is 4.82. The van der Waals surface area contributed by atoms with Gasteiger partial charge in [0.25, 0.3) is 0 Å². The zero-order chi connectivity index (χ0) is 20.2. The summed E-state index contributed by atoms with van der Waals surface area (Å²) in [6.45, 7) is 0. The van der Waals surface area contributed by atoms with Crippen molar-refractivity contribution in [2.24, 2.45) is 0 Å². The average molecular weight is 386 g/mol. The standard InChI is InChI=1S/C22H18N4O3/c1-29-22(28)17-6-8-19(9-7-17)25-21(27)12-15-2-4-16(5-3-15)18-10-11-26-20(13-18)23-14-24-26/h2-11,13-14H,12H2,1H3,(H,25,27). The number of ether oxygens (including phenoxy) is 1. The molecular weight excluding hydrogens is 368 g/mol. The fraction of sp³-hybridized carbons (Fsp3) is 0.0909. The van der Waals surface area contributed by atoms with E-state index in [1.165, 1.54) is 13.4 Å². The average Bonchev–Trinajstić information content (AvgIpc) is 3.22. The lowest BCUT2D eigenvalue weighted by molar-refractivity contribution is -0.115. The molecule has 0 atom stereocenters. The van der Waals surface area contributed by atoms with E-state index in [1.54, 1.807) is 28.8 Å². The number of hydrogen-bond donors (Lipinski definition) is 1. The molecular formula is C22H18N4O3. The summed E-state index contributed by atoms with van der Waals surface area (Å²) in [4.78, 5) is 28.0. The first-order valence-corrected chi connectivity index (χ1v) is 8.99. The molecule has 0 aliphatic heterocycles. The lowest BCUT2D eigenvalue weighted by atomic mass is 10.0. The van der Waals surface area contributed by atoms with Gasteiger partial charge in [0.2, 0.25) is 5.91 Å². The van der Waals surface area contributed by atoms with Crippen LogP contribution in [0.5, 0.6) is 0 Å². The first-order chi connectivity index (χ1) is 14.1. The van der Waals surface area contributed by atoms with Gasteiger partial charge in [0, 0.05) is 11.9 Å². The van der Waals surface area contributed by atoms with Gasteiger partial charge in [0.05, 0.1) is 19.1 Å². The maximum absolute atomic E-state index is 12.3. The van der Waals surface area contributed by atoms with E-state index in [4.69, 9.17) is 0 Å². The van der Waals surface area contributed by atoms with Crippen molar-refractivity contribution in [3.63, 3.8) is 0 Å². The molecule has 0 radical (unpaired) electrons. The predicted octanol–water partition coefficient (Wildman–Crippen LogP) is 3.36. The molecule has 0 aliphatic carbocycles. The molecule has 2 heterocycles. The second-order valence-electron chi connectivity index (χ2n) is 6.47.